The van der Waals surface area contributed by atoms with Crippen LogP contribution in [0.3, 0.4) is 0 Å². The van der Waals surface area contributed by atoms with Crippen molar-refractivity contribution in [3.63, 3.8) is 0 Å². The third-order valence-electron chi connectivity index (χ3n) is 5.39. The number of non-ortho nitro benzene ring substituents is 1. The Balaban J connectivity index is 1.61. The SMILES string of the molecule is Cc1nc2n(n1)[C@@H](c1ccc([N+](=O)[O-])cc1)C1=C(C[C@H](c3ccco3)CC1=O)N2. The average Bonchev–Trinajstić information content (AvgIpc) is 3.35. The lowest BCUT2D eigenvalue weighted by Crippen LogP contribution is -2.33. The molecule has 3 aromatic rings. The number of nitro benzene ring substituents is 1. The number of fused-ring (bicyclic) bond motifs is 1. The number of anilines is 1. The van der Waals surface area contributed by atoms with Gasteiger partial charge < -0.3 is 9.73 Å². The minimum atomic E-state index is -0.478. The summed E-state index contributed by atoms with van der Waals surface area (Å²) >= 11 is 0. The van der Waals surface area contributed by atoms with Crippen LogP contribution < -0.4 is 5.32 Å². The largest absolute Gasteiger partial charge is 0.469 e. The van der Waals surface area contributed by atoms with Crippen LogP contribution in [0.1, 0.15) is 41.9 Å². The molecular weight excluding hydrogens is 374 g/mol. The summed E-state index contributed by atoms with van der Waals surface area (Å²) in [5, 5.41) is 18.7. The van der Waals surface area contributed by atoms with E-state index < -0.39 is 11.0 Å². The lowest BCUT2D eigenvalue weighted by molar-refractivity contribution is -0.384. The lowest BCUT2D eigenvalue weighted by atomic mass is 9.79. The Bertz CT molecular complexity index is 1140. The first-order valence-corrected chi connectivity index (χ1v) is 9.25. The fraction of sp³-hybridized carbons (Fsp3) is 0.250. The molecule has 9 nitrogen and oxygen atoms in total. The number of furan rings is 1. The molecule has 2 aromatic heterocycles. The molecule has 1 aliphatic heterocycles. The van der Waals surface area contributed by atoms with Gasteiger partial charge in [0.2, 0.25) is 5.95 Å². The van der Waals surface area contributed by atoms with E-state index in [0.29, 0.717) is 30.2 Å². The first kappa shape index (κ1) is 17.4. The molecule has 0 saturated carbocycles. The normalized spacial score (nSPS) is 20.8. The van der Waals surface area contributed by atoms with Crippen LogP contribution in [-0.4, -0.2) is 25.5 Å². The van der Waals surface area contributed by atoms with Crippen molar-refractivity contribution in [1.82, 2.24) is 14.8 Å². The molecular formula is C20H17N5O4. The number of ketones is 1. The van der Waals surface area contributed by atoms with Crippen molar-refractivity contribution in [2.45, 2.75) is 31.7 Å². The number of nitrogens with zero attached hydrogens (tertiary/aromatic N) is 4. The number of allylic oxidation sites excluding steroid dienone is 2. The van der Waals surface area contributed by atoms with Gasteiger partial charge >= 0.3 is 0 Å². The molecule has 0 bridgehead atoms. The average molecular weight is 391 g/mol. The number of nitro groups is 1. The molecule has 2 atom stereocenters. The number of benzene rings is 1. The summed E-state index contributed by atoms with van der Waals surface area (Å²) < 4.78 is 7.20. The van der Waals surface area contributed by atoms with E-state index in [0.717, 1.165) is 17.0 Å². The Morgan fingerprint density at radius 3 is 2.72 bits per heavy atom. The molecule has 0 unspecified atom stereocenters. The number of nitrogens with one attached hydrogen (secondary N) is 1. The Kier molecular flexibility index (Phi) is 3.83. The number of aryl methyl sites for hydroxylation is 1. The fourth-order valence-corrected chi connectivity index (χ4v) is 4.13. The van der Waals surface area contributed by atoms with Gasteiger partial charge in [-0.05, 0) is 43.2 Å². The second-order valence-corrected chi connectivity index (χ2v) is 7.24. The number of Topliss-reactive ketones (excluding diaryl/α,β-unsaturated/α-hetero) is 1. The Labute approximate surface area is 165 Å². The van der Waals surface area contributed by atoms with Crippen molar-refractivity contribution < 1.29 is 14.1 Å². The maximum absolute atomic E-state index is 13.2. The molecule has 0 radical (unpaired) electrons. The second-order valence-electron chi connectivity index (χ2n) is 7.24. The molecule has 2 aliphatic rings. The van der Waals surface area contributed by atoms with Crippen LogP contribution in [0.5, 0.6) is 0 Å². The highest BCUT2D eigenvalue weighted by atomic mass is 16.6. The molecule has 0 saturated heterocycles. The zero-order valence-electron chi connectivity index (χ0n) is 15.5. The van der Waals surface area contributed by atoms with Gasteiger partial charge in [0.1, 0.15) is 17.6 Å². The topological polar surface area (TPSA) is 116 Å². The summed E-state index contributed by atoms with van der Waals surface area (Å²) in [6, 6.07) is 9.45. The van der Waals surface area contributed by atoms with Crippen molar-refractivity contribution in [3.05, 3.63) is 81.2 Å². The first-order chi connectivity index (χ1) is 14.0. The zero-order valence-corrected chi connectivity index (χ0v) is 15.5. The molecule has 0 amide bonds. The van der Waals surface area contributed by atoms with Crippen LogP contribution in [0.25, 0.3) is 0 Å². The van der Waals surface area contributed by atoms with Gasteiger partial charge in [-0.3, -0.25) is 14.9 Å². The summed E-state index contributed by atoms with van der Waals surface area (Å²) in [5.41, 5.74) is 2.17. The van der Waals surface area contributed by atoms with Crippen molar-refractivity contribution in [1.29, 1.82) is 0 Å². The predicted molar refractivity (Wildman–Crippen MR) is 102 cm³/mol. The standard InChI is InChI=1S/C20H17N5O4/c1-11-21-20-22-15-9-13(17-3-2-8-29-17)10-16(26)18(15)19(24(20)23-11)12-4-6-14(7-5-12)25(27)28/h2-8,13,19H,9-10H2,1H3,(H,21,22,23)/t13-,19-/m0/s1. The highest BCUT2D eigenvalue weighted by molar-refractivity contribution is 6.00. The van der Waals surface area contributed by atoms with Gasteiger partial charge in [-0.25, -0.2) is 4.68 Å². The third kappa shape index (κ3) is 2.82. The molecule has 29 heavy (non-hydrogen) atoms. The molecule has 1 N–H and O–H groups in total. The van der Waals surface area contributed by atoms with Gasteiger partial charge in [0, 0.05) is 35.7 Å². The molecule has 146 valence electrons. The van der Waals surface area contributed by atoms with E-state index in [9.17, 15) is 14.9 Å². The molecule has 0 spiro atoms. The quantitative estimate of drug-likeness (QED) is 0.536. The van der Waals surface area contributed by atoms with Crippen molar-refractivity contribution in [2.24, 2.45) is 0 Å². The smallest absolute Gasteiger partial charge is 0.269 e. The van der Waals surface area contributed by atoms with Gasteiger partial charge in [-0.1, -0.05) is 0 Å². The number of hydrogen-bond acceptors (Lipinski definition) is 7. The van der Waals surface area contributed by atoms with Crippen LogP contribution in [0.2, 0.25) is 0 Å². The van der Waals surface area contributed by atoms with Gasteiger partial charge in [0.05, 0.1) is 11.2 Å². The predicted octanol–water partition coefficient (Wildman–Crippen LogP) is 3.50. The first-order valence-electron chi connectivity index (χ1n) is 9.25. The Morgan fingerprint density at radius 2 is 2.03 bits per heavy atom. The summed E-state index contributed by atoms with van der Waals surface area (Å²) in [7, 11) is 0. The highest BCUT2D eigenvalue weighted by Crippen LogP contribution is 2.44. The van der Waals surface area contributed by atoms with Gasteiger partial charge in [0.15, 0.2) is 5.78 Å². The maximum atomic E-state index is 13.2. The highest BCUT2D eigenvalue weighted by Gasteiger charge is 2.40. The van der Waals surface area contributed by atoms with Crippen LogP contribution in [0, 0.1) is 17.0 Å². The van der Waals surface area contributed by atoms with Crippen molar-refractivity contribution in [2.75, 3.05) is 5.32 Å². The van der Waals surface area contributed by atoms with Crippen LogP contribution in [0.4, 0.5) is 11.6 Å². The minimum Gasteiger partial charge on any atom is -0.469 e. The van der Waals surface area contributed by atoms with E-state index >= 15 is 0 Å². The number of hydrogen-bond donors (Lipinski definition) is 1. The molecule has 5 rings (SSSR count). The Hall–Kier alpha value is -3.75. The molecule has 9 heteroatoms. The van der Waals surface area contributed by atoms with Gasteiger partial charge in [-0.2, -0.15) is 10.1 Å². The fourth-order valence-electron chi connectivity index (χ4n) is 4.13. The zero-order chi connectivity index (χ0) is 20.1. The van der Waals surface area contributed by atoms with Crippen LogP contribution in [-0.2, 0) is 4.79 Å². The van der Waals surface area contributed by atoms with E-state index in [2.05, 4.69) is 15.4 Å². The molecule has 3 heterocycles. The number of rotatable bonds is 3. The van der Waals surface area contributed by atoms with E-state index in [4.69, 9.17) is 4.42 Å². The molecule has 1 aliphatic carbocycles. The summed E-state index contributed by atoms with van der Waals surface area (Å²) in [6.07, 6.45) is 2.56. The van der Waals surface area contributed by atoms with Gasteiger partial charge in [0.25, 0.3) is 5.69 Å². The summed E-state index contributed by atoms with van der Waals surface area (Å²) in [4.78, 5) is 28.2. The summed E-state index contributed by atoms with van der Waals surface area (Å²) in [6.45, 7) is 1.78. The van der Waals surface area contributed by atoms with E-state index in [-0.39, 0.29) is 17.4 Å². The van der Waals surface area contributed by atoms with Crippen molar-refractivity contribution in [3.8, 4) is 0 Å². The Morgan fingerprint density at radius 1 is 1.24 bits per heavy atom. The number of aromatic nitrogens is 3. The monoisotopic (exact) mass is 391 g/mol. The number of carbonyl (C=O) groups excluding carboxylic acids is 1. The number of carbonyl (C=O) groups is 1. The third-order valence-corrected chi connectivity index (χ3v) is 5.39. The molecule has 1 aromatic carbocycles. The molecule has 0 fully saturated rings. The summed E-state index contributed by atoms with van der Waals surface area (Å²) in [5.74, 6) is 1.87. The van der Waals surface area contributed by atoms with Crippen LogP contribution in [0.15, 0.2) is 58.3 Å². The van der Waals surface area contributed by atoms with Gasteiger partial charge in [-0.15, -0.1) is 0 Å². The van der Waals surface area contributed by atoms with E-state index in [1.807, 2.05) is 12.1 Å². The van der Waals surface area contributed by atoms with Crippen LogP contribution >= 0.6 is 0 Å². The minimum absolute atomic E-state index is 0.000245. The lowest BCUT2D eigenvalue weighted by Gasteiger charge is -2.34. The van der Waals surface area contributed by atoms with E-state index in [1.165, 1.54) is 12.1 Å². The second kappa shape index (κ2) is 6.40. The van der Waals surface area contributed by atoms with Crippen molar-refractivity contribution >= 4 is 17.4 Å². The van der Waals surface area contributed by atoms with E-state index in [1.54, 1.807) is 30.0 Å². The maximum Gasteiger partial charge on any atom is 0.269 e.